The van der Waals surface area contributed by atoms with E-state index < -0.39 is 4.92 Å². The van der Waals surface area contributed by atoms with Crippen molar-refractivity contribution in [1.29, 1.82) is 0 Å². The molecule has 0 spiro atoms. The molecule has 1 amide bonds. The van der Waals surface area contributed by atoms with Gasteiger partial charge in [-0.05, 0) is 37.5 Å². The minimum atomic E-state index is -0.394. The molecule has 0 saturated carbocycles. The minimum absolute atomic E-state index is 0.0111. The highest BCUT2D eigenvalue weighted by Crippen LogP contribution is 2.34. The third-order valence-corrected chi connectivity index (χ3v) is 5.67. The lowest BCUT2D eigenvalue weighted by Gasteiger charge is -2.23. The van der Waals surface area contributed by atoms with Gasteiger partial charge in [0, 0.05) is 29.1 Å². The number of carbonyl (C=O) groups excluding carboxylic acids is 1. The van der Waals surface area contributed by atoms with E-state index in [2.05, 4.69) is 13.0 Å². The van der Waals surface area contributed by atoms with Crippen LogP contribution in [0.5, 0.6) is 0 Å². The molecule has 2 aromatic rings. The predicted octanol–water partition coefficient (Wildman–Crippen LogP) is 4.37. The van der Waals surface area contributed by atoms with Gasteiger partial charge >= 0.3 is 0 Å². The smallest absolute Gasteiger partial charge is 0.269 e. The Balaban J connectivity index is 1.66. The number of hydrogen-bond donors (Lipinski definition) is 0. The van der Waals surface area contributed by atoms with Gasteiger partial charge in [0.25, 0.3) is 5.69 Å². The van der Waals surface area contributed by atoms with Crippen LogP contribution in [0.15, 0.2) is 48.5 Å². The van der Waals surface area contributed by atoms with Gasteiger partial charge in [0.15, 0.2) is 0 Å². The van der Waals surface area contributed by atoms with Gasteiger partial charge in [0.05, 0.1) is 10.7 Å². The molecule has 0 radical (unpaired) electrons. The summed E-state index contributed by atoms with van der Waals surface area (Å²) in [4.78, 5) is 25.1. The van der Waals surface area contributed by atoms with E-state index in [0.29, 0.717) is 5.75 Å². The van der Waals surface area contributed by atoms with Crippen LogP contribution in [0.25, 0.3) is 0 Å². The number of nitro groups is 1. The highest BCUT2D eigenvalue weighted by atomic mass is 32.2. The molecule has 0 fully saturated rings. The molecule has 3 rings (SSSR count). The number of nitrogens with zero attached hydrogens (tertiary/aromatic N) is 2. The van der Waals surface area contributed by atoms with Crippen molar-refractivity contribution >= 4 is 29.0 Å². The number of para-hydroxylation sites is 1. The number of amides is 1. The summed E-state index contributed by atoms with van der Waals surface area (Å²) in [6.07, 6.45) is 0.882. The maximum absolute atomic E-state index is 12.7. The fraction of sp³-hybridized carbons (Fsp3) is 0.316. The summed E-state index contributed by atoms with van der Waals surface area (Å²) >= 11 is 1.51. The number of anilines is 1. The normalized spacial score (nSPS) is 17.2. The predicted molar refractivity (Wildman–Crippen MR) is 101 cm³/mol. The second-order valence-electron chi connectivity index (χ2n) is 6.25. The van der Waals surface area contributed by atoms with Crippen molar-refractivity contribution in [3.63, 3.8) is 0 Å². The van der Waals surface area contributed by atoms with Crippen LogP contribution >= 0.6 is 11.8 Å². The molecule has 130 valence electrons. The zero-order valence-corrected chi connectivity index (χ0v) is 15.0. The summed E-state index contributed by atoms with van der Waals surface area (Å²) in [7, 11) is 0. The maximum atomic E-state index is 12.7. The summed E-state index contributed by atoms with van der Waals surface area (Å²) in [6.45, 7) is 4.03. The second-order valence-corrected chi connectivity index (χ2v) is 7.58. The molecule has 0 aromatic heterocycles. The van der Waals surface area contributed by atoms with Crippen molar-refractivity contribution in [3.05, 3.63) is 69.8 Å². The Morgan fingerprint density at radius 3 is 2.84 bits per heavy atom. The van der Waals surface area contributed by atoms with E-state index in [4.69, 9.17) is 0 Å². The van der Waals surface area contributed by atoms with Crippen molar-refractivity contribution in [2.75, 3.05) is 10.7 Å². The number of non-ortho nitro benzene ring substituents is 1. The first-order valence-electron chi connectivity index (χ1n) is 8.23. The molecule has 1 aliphatic rings. The molecule has 5 nitrogen and oxygen atoms in total. The lowest BCUT2D eigenvalue weighted by Crippen LogP contribution is -2.37. The van der Waals surface area contributed by atoms with E-state index in [9.17, 15) is 14.9 Å². The molecule has 0 N–H and O–H groups in total. The van der Waals surface area contributed by atoms with Crippen molar-refractivity contribution in [3.8, 4) is 0 Å². The van der Waals surface area contributed by atoms with Crippen LogP contribution < -0.4 is 4.90 Å². The Hall–Kier alpha value is -2.34. The molecule has 0 unspecified atom stereocenters. The van der Waals surface area contributed by atoms with E-state index in [1.165, 1.54) is 23.4 Å². The van der Waals surface area contributed by atoms with Crippen molar-refractivity contribution in [2.24, 2.45) is 0 Å². The van der Waals surface area contributed by atoms with Crippen LogP contribution in [-0.4, -0.2) is 22.6 Å². The number of fused-ring (bicyclic) bond motifs is 1. The molecule has 2 atom stereocenters. The fourth-order valence-corrected chi connectivity index (χ4v) is 4.07. The van der Waals surface area contributed by atoms with Crippen LogP contribution in [0.4, 0.5) is 11.4 Å². The topological polar surface area (TPSA) is 63.5 Å². The number of carbonyl (C=O) groups is 1. The molecule has 25 heavy (non-hydrogen) atoms. The lowest BCUT2D eigenvalue weighted by molar-refractivity contribution is -0.384. The van der Waals surface area contributed by atoms with Crippen LogP contribution in [0, 0.1) is 10.1 Å². The Labute approximate surface area is 151 Å². The number of thioether (sulfide) groups is 1. The average Bonchev–Trinajstić information content (AvgIpc) is 2.95. The lowest BCUT2D eigenvalue weighted by atomic mass is 10.1. The van der Waals surface area contributed by atoms with Gasteiger partial charge in [-0.25, -0.2) is 0 Å². The summed E-state index contributed by atoms with van der Waals surface area (Å²) < 4.78 is 0. The highest BCUT2D eigenvalue weighted by Gasteiger charge is 2.30. The molecular weight excluding hydrogens is 336 g/mol. The molecule has 1 aliphatic heterocycles. The standard InChI is InChI=1S/C19H20N2O3S/c1-13-10-16-6-3-4-9-18(16)20(13)19(22)12-25-14(2)15-7-5-8-17(11-15)21(23)24/h3-9,11,13-14H,10,12H2,1-2H3/t13-,14-/m1/s1. The third kappa shape index (κ3) is 3.69. The first-order chi connectivity index (χ1) is 12.0. The average molecular weight is 356 g/mol. The first kappa shape index (κ1) is 17.5. The largest absolute Gasteiger partial charge is 0.308 e. The van der Waals surface area contributed by atoms with E-state index in [0.717, 1.165) is 17.7 Å². The highest BCUT2D eigenvalue weighted by molar-refractivity contribution is 8.00. The molecular formula is C19H20N2O3S. The van der Waals surface area contributed by atoms with E-state index in [1.54, 1.807) is 12.1 Å². The van der Waals surface area contributed by atoms with E-state index in [1.807, 2.05) is 36.1 Å². The van der Waals surface area contributed by atoms with Crippen LogP contribution in [0.2, 0.25) is 0 Å². The molecule has 1 heterocycles. The van der Waals surface area contributed by atoms with Crippen molar-refractivity contribution < 1.29 is 9.72 Å². The number of benzene rings is 2. The first-order valence-corrected chi connectivity index (χ1v) is 9.28. The van der Waals surface area contributed by atoms with Gasteiger partial charge in [0.2, 0.25) is 5.91 Å². The zero-order valence-electron chi connectivity index (χ0n) is 14.2. The Morgan fingerprint density at radius 1 is 1.32 bits per heavy atom. The fourth-order valence-electron chi connectivity index (χ4n) is 3.20. The van der Waals surface area contributed by atoms with Gasteiger partial charge < -0.3 is 4.90 Å². The third-order valence-electron chi connectivity index (χ3n) is 4.48. The van der Waals surface area contributed by atoms with Gasteiger partial charge in [0.1, 0.15) is 0 Å². The number of rotatable bonds is 5. The Bertz CT molecular complexity index is 809. The van der Waals surface area contributed by atoms with Crippen LogP contribution in [-0.2, 0) is 11.2 Å². The Morgan fingerprint density at radius 2 is 2.08 bits per heavy atom. The van der Waals surface area contributed by atoms with Gasteiger partial charge in [-0.15, -0.1) is 11.8 Å². The van der Waals surface area contributed by atoms with Gasteiger partial charge in [-0.3, -0.25) is 14.9 Å². The van der Waals surface area contributed by atoms with Crippen LogP contribution in [0.3, 0.4) is 0 Å². The summed E-state index contributed by atoms with van der Waals surface area (Å²) in [6, 6.07) is 14.8. The minimum Gasteiger partial charge on any atom is -0.308 e. The molecule has 0 aliphatic carbocycles. The van der Waals surface area contributed by atoms with Crippen molar-refractivity contribution in [2.45, 2.75) is 31.6 Å². The molecule has 0 bridgehead atoms. The van der Waals surface area contributed by atoms with Gasteiger partial charge in [-0.2, -0.15) is 0 Å². The zero-order chi connectivity index (χ0) is 18.0. The summed E-state index contributed by atoms with van der Waals surface area (Å²) in [5.41, 5.74) is 3.16. The van der Waals surface area contributed by atoms with Gasteiger partial charge in [-0.1, -0.05) is 30.3 Å². The number of hydrogen-bond acceptors (Lipinski definition) is 4. The van der Waals surface area contributed by atoms with E-state index >= 15 is 0 Å². The summed E-state index contributed by atoms with van der Waals surface area (Å²) in [5.74, 6) is 0.433. The summed E-state index contributed by atoms with van der Waals surface area (Å²) in [5, 5.41) is 10.9. The quantitative estimate of drug-likeness (QED) is 0.589. The molecule has 0 saturated heterocycles. The van der Waals surface area contributed by atoms with Crippen LogP contribution in [0.1, 0.15) is 30.2 Å². The monoisotopic (exact) mass is 356 g/mol. The molecule has 6 heteroatoms. The second kappa shape index (κ2) is 7.27. The SMILES string of the molecule is C[C@@H]1Cc2ccccc2N1C(=O)CS[C@H](C)c1cccc([N+](=O)[O-])c1. The molecule has 2 aromatic carbocycles. The Kier molecular flexibility index (Phi) is 5.08. The maximum Gasteiger partial charge on any atom is 0.269 e. The van der Waals surface area contributed by atoms with E-state index in [-0.39, 0.29) is 22.9 Å². The number of nitro benzene ring substituents is 1. The van der Waals surface area contributed by atoms with Crippen molar-refractivity contribution in [1.82, 2.24) is 0 Å².